The lowest BCUT2D eigenvalue weighted by atomic mass is 9.78. The first kappa shape index (κ1) is 11.1. The van der Waals surface area contributed by atoms with Crippen molar-refractivity contribution in [3.8, 4) is 0 Å². The summed E-state index contributed by atoms with van der Waals surface area (Å²) < 4.78 is 27.5. The van der Waals surface area contributed by atoms with E-state index in [2.05, 4.69) is 0 Å². The van der Waals surface area contributed by atoms with Gasteiger partial charge in [-0.05, 0) is 50.0 Å². The van der Waals surface area contributed by atoms with E-state index in [1.54, 1.807) is 12.1 Å². The molecule has 92 valence electrons. The molecule has 0 saturated heterocycles. The van der Waals surface area contributed by atoms with Crippen LogP contribution >= 0.6 is 0 Å². The number of fused-ring (bicyclic) bond motifs is 2. The normalized spacial score (nSPS) is 35.5. The van der Waals surface area contributed by atoms with Crippen molar-refractivity contribution in [3.63, 3.8) is 0 Å². The number of aryl methyl sites for hydroxylation is 1. The maximum absolute atomic E-state index is 13.9. The third kappa shape index (κ3) is 1.45. The van der Waals surface area contributed by atoms with Gasteiger partial charge >= 0.3 is 0 Å². The number of benzene rings is 1. The Balaban J connectivity index is 2.08. The molecular formula is C14H16F2O. The monoisotopic (exact) mass is 238 g/mol. The highest BCUT2D eigenvalue weighted by molar-refractivity contribution is 5.32. The van der Waals surface area contributed by atoms with E-state index in [-0.39, 0.29) is 17.0 Å². The van der Waals surface area contributed by atoms with Crippen molar-refractivity contribution in [1.29, 1.82) is 0 Å². The Morgan fingerprint density at radius 3 is 2.59 bits per heavy atom. The van der Waals surface area contributed by atoms with Gasteiger partial charge in [0.1, 0.15) is 0 Å². The molecule has 1 N–H and O–H groups in total. The topological polar surface area (TPSA) is 20.2 Å². The molecule has 0 amide bonds. The molecule has 2 bridgehead atoms. The molecule has 17 heavy (non-hydrogen) atoms. The summed E-state index contributed by atoms with van der Waals surface area (Å²) in [7, 11) is 0. The van der Waals surface area contributed by atoms with E-state index < -0.39 is 17.2 Å². The zero-order chi connectivity index (χ0) is 12.2. The van der Waals surface area contributed by atoms with Gasteiger partial charge in [-0.15, -0.1) is 0 Å². The molecule has 3 heteroatoms. The third-order valence-corrected chi connectivity index (χ3v) is 4.56. The molecule has 0 spiro atoms. The fourth-order valence-electron chi connectivity index (χ4n) is 3.61. The highest BCUT2D eigenvalue weighted by Crippen LogP contribution is 2.56. The molecule has 0 heterocycles. The number of halogens is 2. The molecular weight excluding hydrogens is 222 g/mol. The van der Waals surface area contributed by atoms with Crippen molar-refractivity contribution >= 4 is 0 Å². The van der Waals surface area contributed by atoms with Crippen LogP contribution in [0.1, 0.15) is 36.8 Å². The third-order valence-electron chi connectivity index (χ3n) is 4.56. The Morgan fingerprint density at radius 1 is 1.24 bits per heavy atom. The molecule has 2 aliphatic rings. The lowest BCUT2D eigenvalue weighted by Gasteiger charge is -2.33. The molecule has 2 saturated carbocycles. The van der Waals surface area contributed by atoms with Gasteiger partial charge in [0.25, 0.3) is 0 Å². The van der Waals surface area contributed by atoms with Gasteiger partial charge in [-0.2, -0.15) is 0 Å². The van der Waals surface area contributed by atoms with Gasteiger partial charge in [-0.3, -0.25) is 0 Å². The first-order valence-corrected chi connectivity index (χ1v) is 6.20. The quantitative estimate of drug-likeness (QED) is 0.796. The summed E-state index contributed by atoms with van der Waals surface area (Å²) in [6.07, 6.45) is 3.57. The van der Waals surface area contributed by atoms with Crippen LogP contribution in [0.2, 0.25) is 0 Å². The standard InChI is InChI=1S/C14H16F2O/c1-8-2-5-11(13(16)12(8)15)14(17)7-9-3-4-10(14)6-9/h2,5,9-10,17H,3-4,6-7H2,1H3. The van der Waals surface area contributed by atoms with E-state index in [1.165, 1.54) is 6.92 Å². The van der Waals surface area contributed by atoms with Gasteiger partial charge in [-0.25, -0.2) is 8.78 Å². The van der Waals surface area contributed by atoms with Crippen molar-refractivity contribution in [1.82, 2.24) is 0 Å². The smallest absolute Gasteiger partial charge is 0.165 e. The average molecular weight is 238 g/mol. The van der Waals surface area contributed by atoms with Gasteiger partial charge in [-0.1, -0.05) is 12.1 Å². The first-order chi connectivity index (χ1) is 8.02. The molecule has 1 aromatic rings. The highest BCUT2D eigenvalue weighted by atomic mass is 19.2. The van der Waals surface area contributed by atoms with Gasteiger partial charge < -0.3 is 5.11 Å². The fraction of sp³-hybridized carbons (Fsp3) is 0.571. The first-order valence-electron chi connectivity index (χ1n) is 6.20. The van der Waals surface area contributed by atoms with Gasteiger partial charge in [0, 0.05) is 5.56 Å². The second-order valence-electron chi connectivity index (χ2n) is 5.56. The average Bonchev–Trinajstić information content (AvgIpc) is 2.86. The molecule has 3 rings (SSSR count). The SMILES string of the molecule is Cc1ccc(C2(O)CC3CCC2C3)c(F)c1F. The predicted molar refractivity (Wildman–Crippen MR) is 60.4 cm³/mol. The summed E-state index contributed by atoms with van der Waals surface area (Å²) in [5.41, 5.74) is -0.688. The summed E-state index contributed by atoms with van der Waals surface area (Å²) in [6, 6.07) is 3.10. The molecule has 2 aliphatic carbocycles. The van der Waals surface area contributed by atoms with Crippen LogP contribution in [0.3, 0.4) is 0 Å². The van der Waals surface area contributed by atoms with E-state index in [0.29, 0.717) is 12.3 Å². The van der Waals surface area contributed by atoms with E-state index >= 15 is 0 Å². The van der Waals surface area contributed by atoms with E-state index in [4.69, 9.17) is 0 Å². The van der Waals surface area contributed by atoms with Crippen LogP contribution in [0.15, 0.2) is 12.1 Å². The van der Waals surface area contributed by atoms with Crippen molar-refractivity contribution < 1.29 is 13.9 Å². The summed E-state index contributed by atoms with van der Waals surface area (Å²) in [4.78, 5) is 0. The minimum Gasteiger partial charge on any atom is -0.385 e. The number of hydrogen-bond acceptors (Lipinski definition) is 1. The maximum Gasteiger partial charge on any atom is 0.165 e. The molecule has 3 unspecified atom stereocenters. The summed E-state index contributed by atoms with van der Waals surface area (Å²) in [5.74, 6) is -1.10. The minimum absolute atomic E-state index is 0.101. The Bertz CT molecular complexity index is 472. The van der Waals surface area contributed by atoms with E-state index in [9.17, 15) is 13.9 Å². The largest absolute Gasteiger partial charge is 0.385 e. The summed E-state index contributed by atoms with van der Waals surface area (Å²) in [5, 5.41) is 10.6. The van der Waals surface area contributed by atoms with Crippen molar-refractivity contribution in [2.45, 2.75) is 38.2 Å². The Morgan fingerprint density at radius 2 is 2.00 bits per heavy atom. The van der Waals surface area contributed by atoms with Gasteiger partial charge in [0.05, 0.1) is 5.60 Å². The van der Waals surface area contributed by atoms with E-state index in [1.807, 2.05) is 0 Å². The predicted octanol–water partition coefficient (Wildman–Crippen LogP) is 3.28. The molecule has 0 radical (unpaired) electrons. The van der Waals surface area contributed by atoms with Crippen LogP contribution in [0.25, 0.3) is 0 Å². The van der Waals surface area contributed by atoms with Crippen LogP contribution in [0, 0.1) is 30.4 Å². The van der Waals surface area contributed by atoms with Crippen LogP contribution in [0.4, 0.5) is 8.78 Å². The molecule has 1 nitrogen and oxygen atoms in total. The summed E-state index contributed by atoms with van der Waals surface area (Å²) >= 11 is 0. The van der Waals surface area contributed by atoms with Crippen molar-refractivity contribution in [2.24, 2.45) is 11.8 Å². The Labute approximate surface area is 99.5 Å². The number of rotatable bonds is 1. The van der Waals surface area contributed by atoms with E-state index in [0.717, 1.165) is 19.3 Å². The molecule has 1 aromatic carbocycles. The zero-order valence-electron chi connectivity index (χ0n) is 9.84. The van der Waals surface area contributed by atoms with Crippen LogP contribution in [0.5, 0.6) is 0 Å². The second kappa shape index (κ2) is 3.52. The van der Waals surface area contributed by atoms with Gasteiger partial charge in [0.15, 0.2) is 11.6 Å². The van der Waals surface area contributed by atoms with Crippen molar-refractivity contribution in [3.05, 3.63) is 34.9 Å². The Kier molecular flexibility index (Phi) is 2.31. The zero-order valence-corrected chi connectivity index (χ0v) is 9.84. The van der Waals surface area contributed by atoms with Crippen LogP contribution in [-0.4, -0.2) is 5.11 Å². The Hall–Kier alpha value is -0.960. The van der Waals surface area contributed by atoms with Crippen LogP contribution in [-0.2, 0) is 5.60 Å². The molecule has 0 aliphatic heterocycles. The van der Waals surface area contributed by atoms with Crippen LogP contribution < -0.4 is 0 Å². The second-order valence-corrected chi connectivity index (χ2v) is 5.56. The number of aliphatic hydroxyl groups is 1. The molecule has 0 aromatic heterocycles. The van der Waals surface area contributed by atoms with Gasteiger partial charge in [0.2, 0.25) is 0 Å². The van der Waals surface area contributed by atoms with Crippen molar-refractivity contribution in [2.75, 3.05) is 0 Å². The molecule has 2 fully saturated rings. The summed E-state index contributed by atoms with van der Waals surface area (Å²) in [6.45, 7) is 1.53. The fourth-order valence-corrected chi connectivity index (χ4v) is 3.61. The molecule has 3 atom stereocenters. The maximum atomic E-state index is 13.9. The lowest BCUT2D eigenvalue weighted by Crippen LogP contribution is -2.33. The minimum atomic E-state index is -1.14. The lowest BCUT2D eigenvalue weighted by molar-refractivity contribution is -0.0217. The number of hydrogen-bond donors (Lipinski definition) is 1. The highest BCUT2D eigenvalue weighted by Gasteiger charge is 2.52.